The van der Waals surface area contributed by atoms with Gasteiger partial charge < -0.3 is 9.88 Å². The third-order valence-electron chi connectivity index (χ3n) is 4.80. The van der Waals surface area contributed by atoms with Crippen molar-refractivity contribution in [1.82, 2.24) is 9.88 Å². The van der Waals surface area contributed by atoms with E-state index in [0.717, 1.165) is 61.7 Å². The van der Waals surface area contributed by atoms with Crippen LogP contribution in [0, 0.1) is 11.7 Å². The first kappa shape index (κ1) is 16.0. The number of carbonyl (C=O) groups excluding carboxylic acids is 1. The van der Waals surface area contributed by atoms with E-state index in [-0.39, 0.29) is 17.6 Å². The summed E-state index contributed by atoms with van der Waals surface area (Å²) in [6.07, 6.45) is 4.45. The maximum absolute atomic E-state index is 13.6. The quantitative estimate of drug-likeness (QED) is 0.887. The lowest BCUT2D eigenvalue weighted by Crippen LogP contribution is -2.39. The fourth-order valence-corrected chi connectivity index (χ4v) is 3.73. The number of aromatic amines is 1. The number of halogens is 1. The van der Waals surface area contributed by atoms with Gasteiger partial charge in [0.05, 0.1) is 0 Å². The van der Waals surface area contributed by atoms with Gasteiger partial charge in [0.1, 0.15) is 5.82 Å². The Morgan fingerprint density at radius 1 is 1.30 bits per heavy atom. The zero-order valence-electron chi connectivity index (χ0n) is 14.0. The van der Waals surface area contributed by atoms with Crippen molar-refractivity contribution in [1.29, 1.82) is 0 Å². The summed E-state index contributed by atoms with van der Waals surface area (Å²) in [6, 6.07) is 4.87. The van der Waals surface area contributed by atoms with Gasteiger partial charge in [0.15, 0.2) is 0 Å². The summed E-state index contributed by atoms with van der Waals surface area (Å²) in [5.41, 5.74) is 3.28. The van der Waals surface area contributed by atoms with E-state index in [9.17, 15) is 9.18 Å². The second kappa shape index (κ2) is 6.73. The molecule has 3 nitrogen and oxygen atoms in total. The minimum Gasteiger partial charge on any atom is -0.358 e. The van der Waals surface area contributed by atoms with Crippen molar-refractivity contribution in [2.75, 3.05) is 13.1 Å². The van der Waals surface area contributed by atoms with Crippen LogP contribution in [0.1, 0.15) is 44.4 Å². The molecule has 0 spiro atoms. The van der Waals surface area contributed by atoms with E-state index in [4.69, 9.17) is 0 Å². The molecule has 124 valence electrons. The van der Waals surface area contributed by atoms with Gasteiger partial charge in [0.25, 0.3) is 0 Å². The van der Waals surface area contributed by atoms with Gasteiger partial charge >= 0.3 is 0 Å². The number of H-pyrrole nitrogens is 1. The van der Waals surface area contributed by atoms with Crippen LogP contribution in [0.4, 0.5) is 4.39 Å². The second-order valence-corrected chi connectivity index (χ2v) is 6.54. The van der Waals surface area contributed by atoms with Crippen molar-refractivity contribution >= 4 is 16.8 Å². The largest absolute Gasteiger partial charge is 0.358 e. The highest BCUT2D eigenvalue weighted by Gasteiger charge is 2.29. The molecular weight excluding hydrogens is 291 g/mol. The van der Waals surface area contributed by atoms with Crippen molar-refractivity contribution in [3.8, 4) is 0 Å². The number of aryl methyl sites for hydroxylation is 1. The Hall–Kier alpha value is -1.84. The second-order valence-electron chi connectivity index (χ2n) is 6.54. The van der Waals surface area contributed by atoms with Crippen molar-refractivity contribution in [2.24, 2.45) is 5.92 Å². The number of hydrogen-bond acceptors (Lipinski definition) is 1. The molecule has 2 aromatic rings. The molecule has 0 aliphatic heterocycles. The highest BCUT2D eigenvalue weighted by molar-refractivity contribution is 5.87. The van der Waals surface area contributed by atoms with E-state index < -0.39 is 0 Å². The van der Waals surface area contributed by atoms with Gasteiger partial charge in [0, 0.05) is 35.6 Å². The first-order valence-electron chi connectivity index (χ1n) is 8.71. The number of amides is 1. The summed E-state index contributed by atoms with van der Waals surface area (Å²) in [5.74, 6) is 0.0827. The number of aromatic nitrogens is 1. The van der Waals surface area contributed by atoms with Gasteiger partial charge in [-0.25, -0.2) is 4.39 Å². The van der Waals surface area contributed by atoms with Gasteiger partial charge in [-0.1, -0.05) is 13.8 Å². The molecule has 3 rings (SSSR count). The van der Waals surface area contributed by atoms with Gasteiger partial charge in [0.2, 0.25) is 5.91 Å². The summed E-state index contributed by atoms with van der Waals surface area (Å²) in [6.45, 7) is 5.88. The highest BCUT2D eigenvalue weighted by atomic mass is 19.1. The van der Waals surface area contributed by atoms with Crippen LogP contribution in [0.25, 0.3) is 10.9 Å². The molecule has 1 aromatic heterocycles. The van der Waals surface area contributed by atoms with Gasteiger partial charge in [-0.2, -0.15) is 0 Å². The summed E-state index contributed by atoms with van der Waals surface area (Å²) in [4.78, 5) is 18.3. The van der Waals surface area contributed by atoms with E-state index in [1.165, 1.54) is 11.8 Å². The molecule has 0 saturated heterocycles. The Bertz CT molecular complexity index is 701. The summed E-state index contributed by atoms with van der Waals surface area (Å²) in [5, 5.41) is 0.940. The number of nitrogens with zero attached hydrogens (tertiary/aromatic N) is 1. The molecule has 0 bridgehead atoms. The molecule has 23 heavy (non-hydrogen) atoms. The van der Waals surface area contributed by atoms with Crippen LogP contribution >= 0.6 is 0 Å². The minimum atomic E-state index is -0.216. The van der Waals surface area contributed by atoms with Crippen molar-refractivity contribution in [3.63, 3.8) is 0 Å². The standard InChI is InChI=1S/C19H25FN2O/c1-3-9-22(10-4-2)19(23)13-5-7-17-15(11-13)16-12-14(20)6-8-18(16)21-17/h6,8,12-13,21H,3-5,7,9-11H2,1-2H3. The van der Waals surface area contributed by atoms with E-state index in [2.05, 4.69) is 18.8 Å². The average Bonchev–Trinajstić information content (AvgIpc) is 2.91. The number of carbonyl (C=O) groups is 1. The van der Waals surface area contributed by atoms with Crippen molar-refractivity contribution in [2.45, 2.75) is 46.0 Å². The van der Waals surface area contributed by atoms with Crippen LogP contribution in [0.5, 0.6) is 0 Å². The molecular formula is C19H25FN2O. The molecule has 1 atom stereocenters. The Morgan fingerprint density at radius 2 is 2.04 bits per heavy atom. The average molecular weight is 316 g/mol. The zero-order valence-corrected chi connectivity index (χ0v) is 14.0. The molecule has 1 N–H and O–H groups in total. The summed E-state index contributed by atoms with van der Waals surface area (Å²) in [7, 11) is 0. The van der Waals surface area contributed by atoms with E-state index in [1.807, 2.05) is 4.90 Å². The van der Waals surface area contributed by atoms with Crippen LogP contribution in [0.15, 0.2) is 18.2 Å². The summed E-state index contributed by atoms with van der Waals surface area (Å²) < 4.78 is 13.6. The lowest BCUT2D eigenvalue weighted by atomic mass is 9.85. The number of rotatable bonds is 5. The molecule has 1 heterocycles. The Kier molecular flexibility index (Phi) is 4.69. The van der Waals surface area contributed by atoms with Crippen LogP contribution in [0.3, 0.4) is 0 Å². The van der Waals surface area contributed by atoms with E-state index in [1.54, 1.807) is 12.1 Å². The predicted molar refractivity (Wildman–Crippen MR) is 90.9 cm³/mol. The number of fused-ring (bicyclic) bond motifs is 3. The maximum Gasteiger partial charge on any atom is 0.226 e. The van der Waals surface area contributed by atoms with E-state index >= 15 is 0 Å². The van der Waals surface area contributed by atoms with Crippen LogP contribution < -0.4 is 0 Å². The van der Waals surface area contributed by atoms with Crippen LogP contribution in [-0.4, -0.2) is 28.9 Å². The molecule has 4 heteroatoms. The first-order chi connectivity index (χ1) is 11.1. The molecule has 1 amide bonds. The van der Waals surface area contributed by atoms with Crippen LogP contribution in [0.2, 0.25) is 0 Å². The smallest absolute Gasteiger partial charge is 0.226 e. The zero-order chi connectivity index (χ0) is 16.4. The number of nitrogens with one attached hydrogen (secondary N) is 1. The first-order valence-corrected chi connectivity index (χ1v) is 8.71. The molecule has 1 unspecified atom stereocenters. The third-order valence-corrected chi connectivity index (χ3v) is 4.80. The number of hydrogen-bond donors (Lipinski definition) is 1. The normalized spacial score (nSPS) is 17.3. The lowest BCUT2D eigenvalue weighted by molar-refractivity contribution is -0.136. The minimum absolute atomic E-state index is 0.0304. The van der Waals surface area contributed by atoms with Crippen LogP contribution in [-0.2, 0) is 17.6 Å². The number of benzene rings is 1. The molecule has 1 aliphatic rings. The van der Waals surface area contributed by atoms with Crippen molar-refractivity contribution < 1.29 is 9.18 Å². The fraction of sp³-hybridized carbons (Fsp3) is 0.526. The highest BCUT2D eigenvalue weighted by Crippen LogP contribution is 2.33. The van der Waals surface area contributed by atoms with Gasteiger partial charge in [-0.05, 0) is 55.9 Å². The monoisotopic (exact) mass is 316 g/mol. The molecule has 1 aromatic carbocycles. The molecule has 0 fully saturated rings. The van der Waals surface area contributed by atoms with Crippen molar-refractivity contribution in [3.05, 3.63) is 35.3 Å². The Morgan fingerprint density at radius 3 is 2.74 bits per heavy atom. The molecule has 0 saturated carbocycles. The molecule has 0 radical (unpaired) electrons. The topological polar surface area (TPSA) is 36.1 Å². The fourth-order valence-electron chi connectivity index (χ4n) is 3.73. The maximum atomic E-state index is 13.6. The summed E-state index contributed by atoms with van der Waals surface area (Å²) >= 11 is 0. The van der Waals surface area contributed by atoms with Gasteiger partial charge in [-0.3, -0.25) is 4.79 Å². The predicted octanol–water partition coefficient (Wildman–Crippen LogP) is 4.06. The Labute approximate surface area is 136 Å². The Balaban J connectivity index is 1.85. The lowest BCUT2D eigenvalue weighted by Gasteiger charge is -2.29. The third kappa shape index (κ3) is 3.12. The molecule has 1 aliphatic carbocycles. The SMILES string of the molecule is CCCN(CCC)C(=O)C1CCc2[nH]c3ccc(F)cc3c2C1. The van der Waals surface area contributed by atoms with E-state index in [0.29, 0.717) is 0 Å². The van der Waals surface area contributed by atoms with Gasteiger partial charge in [-0.15, -0.1) is 0 Å².